The third-order valence-electron chi connectivity index (χ3n) is 2.66. The molecule has 9 heteroatoms. The van der Waals surface area contributed by atoms with Crippen molar-refractivity contribution in [2.75, 3.05) is 18.5 Å². The van der Waals surface area contributed by atoms with Gasteiger partial charge in [-0.1, -0.05) is 0 Å². The highest BCUT2D eigenvalue weighted by Gasteiger charge is 2.36. The van der Waals surface area contributed by atoms with Crippen molar-refractivity contribution in [3.63, 3.8) is 0 Å². The molecule has 1 aliphatic rings. The number of hydrogen-bond donors (Lipinski definition) is 2. The molecule has 1 aromatic rings. The summed E-state index contributed by atoms with van der Waals surface area (Å²) in [5.74, 6) is -2.18. The van der Waals surface area contributed by atoms with Crippen molar-refractivity contribution >= 4 is 11.9 Å². The minimum Gasteiger partial charge on any atom is -0.481 e. The predicted molar refractivity (Wildman–Crippen MR) is 56.4 cm³/mol. The Labute approximate surface area is 105 Å². The number of carbonyl (C=O) groups is 1. The number of nitrogens with zero attached hydrogens (tertiary/aromatic N) is 2. The molecule has 0 saturated carbocycles. The van der Waals surface area contributed by atoms with Crippen LogP contribution in [0.15, 0.2) is 12.3 Å². The number of alkyl halides is 3. The smallest absolute Gasteiger partial charge is 0.433 e. The van der Waals surface area contributed by atoms with Crippen molar-refractivity contribution in [3.8, 4) is 0 Å². The Kier molecular flexibility index (Phi) is 3.56. The minimum absolute atomic E-state index is 0.00591. The second-order valence-electron chi connectivity index (χ2n) is 4.00. The van der Waals surface area contributed by atoms with E-state index in [1.807, 2.05) is 0 Å². The second-order valence-corrected chi connectivity index (χ2v) is 4.00. The number of anilines is 1. The summed E-state index contributed by atoms with van der Waals surface area (Å²) in [6.45, 7) is 0.0858. The van der Waals surface area contributed by atoms with Crippen molar-refractivity contribution in [2.24, 2.45) is 5.92 Å². The van der Waals surface area contributed by atoms with Gasteiger partial charge in [0.25, 0.3) is 0 Å². The summed E-state index contributed by atoms with van der Waals surface area (Å²) in [6, 6.07) is 0.0892. The molecule has 0 aromatic carbocycles. The average molecular weight is 277 g/mol. The Morgan fingerprint density at radius 2 is 2.21 bits per heavy atom. The van der Waals surface area contributed by atoms with Gasteiger partial charge in [-0.05, 0) is 6.07 Å². The van der Waals surface area contributed by atoms with Gasteiger partial charge in [0.2, 0.25) is 5.95 Å². The Balaban J connectivity index is 2.13. The van der Waals surface area contributed by atoms with Crippen molar-refractivity contribution in [1.82, 2.24) is 9.97 Å². The second kappa shape index (κ2) is 5.00. The van der Waals surface area contributed by atoms with Crippen molar-refractivity contribution in [3.05, 3.63) is 18.0 Å². The van der Waals surface area contributed by atoms with E-state index in [-0.39, 0.29) is 19.2 Å². The van der Waals surface area contributed by atoms with Gasteiger partial charge in [-0.3, -0.25) is 4.79 Å². The molecule has 1 saturated heterocycles. The molecule has 1 aliphatic heterocycles. The maximum Gasteiger partial charge on any atom is 0.433 e. The van der Waals surface area contributed by atoms with Gasteiger partial charge >= 0.3 is 12.1 Å². The number of ether oxygens (including phenoxy) is 1. The van der Waals surface area contributed by atoms with E-state index in [9.17, 15) is 18.0 Å². The van der Waals surface area contributed by atoms with E-state index in [0.717, 1.165) is 12.3 Å². The lowest BCUT2D eigenvalue weighted by atomic mass is 10.0. The van der Waals surface area contributed by atoms with Gasteiger partial charge in [0.15, 0.2) is 0 Å². The molecule has 19 heavy (non-hydrogen) atoms. The van der Waals surface area contributed by atoms with E-state index in [1.54, 1.807) is 0 Å². The zero-order chi connectivity index (χ0) is 14.0. The molecular formula is C10H10F3N3O3. The Morgan fingerprint density at radius 1 is 1.47 bits per heavy atom. The highest BCUT2D eigenvalue weighted by atomic mass is 19.4. The van der Waals surface area contributed by atoms with Crippen LogP contribution in [0.4, 0.5) is 19.1 Å². The Bertz CT molecular complexity index is 481. The number of carboxylic acid groups (broad SMARTS) is 1. The first kappa shape index (κ1) is 13.5. The lowest BCUT2D eigenvalue weighted by Crippen LogP contribution is -2.34. The molecule has 0 aliphatic carbocycles. The molecule has 2 heterocycles. The van der Waals surface area contributed by atoms with E-state index in [1.165, 1.54) is 0 Å². The monoisotopic (exact) mass is 277 g/mol. The summed E-state index contributed by atoms with van der Waals surface area (Å²) < 4.78 is 42.3. The average Bonchev–Trinajstić information content (AvgIpc) is 2.76. The molecule has 2 N–H and O–H groups in total. The Hall–Kier alpha value is -1.90. The van der Waals surface area contributed by atoms with E-state index in [0.29, 0.717) is 0 Å². The third kappa shape index (κ3) is 3.11. The highest BCUT2D eigenvalue weighted by Crippen LogP contribution is 2.28. The summed E-state index contributed by atoms with van der Waals surface area (Å²) in [7, 11) is 0. The van der Waals surface area contributed by atoms with Gasteiger partial charge in [-0.15, -0.1) is 0 Å². The van der Waals surface area contributed by atoms with Gasteiger partial charge < -0.3 is 15.2 Å². The van der Waals surface area contributed by atoms with E-state index in [4.69, 9.17) is 9.84 Å². The maximum absolute atomic E-state index is 12.4. The first-order valence-electron chi connectivity index (χ1n) is 5.35. The summed E-state index contributed by atoms with van der Waals surface area (Å²) in [5, 5.41) is 11.5. The SMILES string of the molecule is O=C(O)C1COCC1Nc1nccc(C(F)(F)F)n1. The minimum atomic E-state index is -4.57. The van der Waals surface area contributed by atoms with Crippen LogP contribution in [0.1, 0.15) is 5.69 Å². The summed E-state index contributed by atoms with van der Waals surface area (Å²) >= 11 is 0. The molecule has 2 atom stereocenters. The molecule has 1 aromatic heterocycles. The lowest BCUT2D eigenvalue weighted by Gasteiger charge is -2.16. The van der Waals surface area contributed by atoms with Gasteiger partial charge in [0.1, 0.15) is 11.6 Å². The first-order valence-corrected chi connectivity index (χ1v) is 5.35. The molecule has 0 bridgehead atoms. The van der Waals surface area contributed by atoms with Gasteiger partial charge in [0.05, 0.1) is 19.3 Å². The molecule has 0 radical (unpaired) electrons. The number of rotatable bonds is 3. The highest BCUT2D eigenvalue weighted by molar-refractivity contribution is 5.72. The topological polar surface area (TPSA) is 84.3 Å². The molecule has 0 amide bonds. The zero-order valence-corrected chi connectivity index (χ0v) is 9.52. The maximum atomic E-state index is 12.4. The van der Waals surface area contributed by atoms with Crippen LogP contribution >= 0.6 is 0 Å². The number of halogens is 3. The molecular weight excluding hydrogens is 267 g/mol. The van der Waals surface area contributed by atoms with Crippen molar-refractivity contribution < 1.29 is 27.8 Å². The quantitative estimate of drug-likeness (QED) is 0.857. The van der Waals surface area contributed by atoms with Crippen LogP contribution < -0.4 is 5.32 Å². The standard InChI is InChI=1S/C10H10F3N3O3/c11-10(12,13)7-1-2-14-9(16-7)15-6-4-19-3-5(6)8(17)18/h1-2,5-6H,3-4H2,(H,17,18)(H,14,15,16). The fourth-order valence-corrected chi connectivity index (χ4v) is 1.69. The van der Waals surface area contributed by atoms with Crippen LogP contribution in [-0.2, 0) is 15.7 Å². The van der Waals surface area contributed by atoms with E-state index in [2.05, 4.69) is 15.3 Å². The van der Waals surface area contributed by atoms with Crippen molar-refractivity contribution in [1.29, 1.82) is 0 Å². The summed E-state index contributed by atoms with van der Waals surface area (Å²) in [4.78, 5) is 17.8. The molecule has 1 fully saturated rings. The predicted octanol–water partition coefficient (Wildman–Crippen LogP) is 1.01. The van der Waals surface area contributed by atoms with Crippen molar-refractivity contribution in [2.45, 2.75) is 12.2 Å². The molecule has 6 nitrogen and oxygen atoms in total. The fraction of sp³-hybridized carbons (Fsp3) is 0.500. The fourth-order valence-electron chi connectivity index (χ4n) is 1.69. The van der Waals surface area contributed by atoms with Crippen LogP contribution in [-0.4, -0.2) is 40.3 Å². The molecule has 2 rings (SSSR count). The largest absolute Gasteiger partial charge is 0.481 e. The van der Waals surface area contributed by atoms with Crippen LogP contribution in [0.25, 0.3) is 0 Å². The lowest BCUT2D eigenvalue weighted by molar-refractivity contribution is -0.142. The third-order valence-corrected chi connectivity index (χ3v) is 2.66. The number of aliphatic carboxylic acids is 1. The Morgan fingerprint density at radius 3 is 2.84 bits per heavy atom. The summed E-state index contributed by atoms with van der Waals surface area (Å²) in [6.07, 6.45) is -3.61. The van der Waals surface area contributed by atoms with Crippen LogP contribution in [0.5, 0.6) is 0 Å². The number of carboxylic acids is 1. The van der Waals surface area contributed by atoms with Crippen LogP contribution in [0.2, 0.25) is 0 Å². The van der Waals surface area contributed by atoms with E-state index < -0.39 is 29.8 Å². The van der Waals surface area contributed by atoms with Crippen LogP contribution in [0, 0.1) is 5.92 Å². The first-order chi connectivity index (χ1) is 8.88. The molecule has 0 spiro atoms. The van der Waals surface area contributed by atoms with Gasteiger partial charge in [0, 0.05) is 6.20 Å². The van der Waals surface area contributed by atoms with Gasteiger partial charge in [-0.2, -0.15) is 13.2 Å². The molecule has 104 valence electrons. The van der Waals surface area contributed by atoms with Gasteiger partial charge in [-0.25, -0.2) is 9.97 Å². The number of nitrogens with one attached hydrogen (secondary N) is 1. The zero-order valence-electron chi connectivity index (χ0n) is 9.52. The normalized spacial score (nSPS) is 23.3. The van der Waals surface area contributed by atoms with Crippen LogP contribution in [0.3, 0.4) is 0 Å². The summed E-state index contributed by atoms with van der Waals surface area (Å²) in [5.41, 5.74) is -1.09. The van der Waals surface area contributed by atoms with E-state index >= 15 is 0 Å². The number of aromatic nitrogens is 2. The molecule has 2 unspecified atom stereocenters. The number of hydrogen-bond acceptors (Lipinski definition) is 5.